The molecule has 0 spiro atoms. The average molecular weight is 602 g/mol. The number of aromatic nitrogens is 4. The van der Waals surface area contributed by atoms with E-state index in [9.17, 15) is 18.8 Å². The Hall–Kier alpha value is -4.28. The number of hydrogen-bond donors (Lipinski definition) is 2. The Bertz CT molecular complexity index is 1860. The summed E-state index contributed by atoms with van der Waals surface area (Å²) in [5, 5.41) is 21.8. The minimum atomic E-state index is -1.94. The van der Waals surface area contributed by atoms with Gasteiger partial charge in [-0.1, -0.05) is 24.1 Å². The van der Waals surface area contributed by atoms with Crippen LogP contribution in [0.25, 0.3) is 16.4 Å². The molecule has 1 saturated carbocycles. The smallest absolute Gasteiger partial charge is 0.355 e. The summed E-state index contributed by atoms with van der Waals surface area (Å²) >= 11 is -0.748. The van der Waals surface area contributed by atoms with E-state index in [4.69, 9.17) is 14.7 Å². The van der Waals surface area contributed by atoms with Crippen LogP contribution in [0.1, 0.15) is 57.4 Å². The highest BCUT2D eigenvalue weighted by Gasteiger charge is 2.29. The van der Waals surface area contributed by atoms with Crippen molar-refractivity contribution in [1.29, 1.82) is 0 Å². The van der Waals surface area contributed by atoms with Crippen molar-refractivity contribution in [1.82, 2.24) is 19.7 Å². The van der Waals surface area contributed by atoms with Crippen molar-refractivity contribution in [2.24, 2.45) is 11.1 Å². The summed E-state index contributed by atoms with van der Waals surface area (Å²) in [5.41, 5.74) is 4.50. The van der Waals surface area contributed by atoms with Crippen LogP contribution in [0.2, 0.25) is 0 Å². The summed E-state index contributed by atoms with van der Waals surface area (Å²) in [6.45, 7) is 1.80. The maximum atomic E-state index is 14.8. The van der Waals surface area contributed by atoms with Gasteiger partial charge in [0.2, 0.25) is 10.0 Å². The highest BCUT2D eigenvalue weighted by atomic mass is 32.2. The van der Waals surface area contributed by atoms with Crippen molar-refractivity contribution in [3.8, 4) is 28.2 Å². The number of aromatic carboxylic acids is 1. The lowest BCUT2D eigenvalue weighted by Crippen LogP contribution is -2.14. The minimum Gasteiger partial charge on any atom is -0.593 e. The van der Waals surface area contributed by atoms with Crippen LogP contribution in [0.5, 0.6) is 0 Å². The number of oxazole rings is 1. The second kappa shape index (κ2) is 11.5. The Morgan fingerprint density at radius 3 is 2.79 bits per heavy atom. The summed E-state index contributed by atoms with van der Waals surface area (Å²) in [4.78, 5) is 20.0. The second-order valence-electron chi connectivity index (χ2n) is 10.00. The molecule has 3 aromatic heterocycles. The third-order valence-electron chi connectivity index (χ3n) is 6.83. The minimum absolute atomic E-state index is 0.0579. The average Bonchev–Trinajstić information content (AvgIpc) is 3.31. The predicted molar refractivity (Wildman–Crippen MR) is 155 cm³/mol. The molecule has 3 heterocycles. The van der Waals surface area contributed by atoms with Crippen LogP contribution in [-0.2, 0) is 24.2 Å². The maximum Gasteiger partial charge on any atom is 0.355 e. The Morgan fingerprint density at radius 1 is 1.29 bits per heavy atom. The Kier molecular flexibility index (Phi) is 7.66. The zero-order valence-electron chi connectivity index (χ0n) is 22.3. The van der Waals surface area contributed by atoms with E-state index in [1.165, 1.54) is 28.8 Å². The molecule has 6 rings (SSSR count). The molecule has 1 unspecified atom stereocenters. The van der Waals surface area contributed by atoms with Gasteiger partial charge >= 0.3 is 5.97 Å². The summed E-state index contributed by atoms with van der Waals surface area (Å²) < 4.78 is 33.7. The molecule has 5 aromatic rings. The van der Waals surface area contributed by atoms with Gasteiger partial charge in [0.15, 0.2) is 11.5 Å². The standard InChI is InChI=1S/C30H24FN5O4S2/c1-17-15-33-27(40-17)10-8-18-3-2-4-21(11-18)28-22(12-20-7-9-26(42(32)39)23(31)13-20)25(14-19-5-6-19)36(35-28)30-34-24(16-41-30)29(37)38/h2-4,7,9,11,13,15-16,19H,5-6,12,14,32H2,1H3,(H,37,38). The molecule has 2 aromatic carbocycles. The molecule has 1 fully saturated rings. The molecule has 9 nitrogen and oxygen atoms in total. The Morgan fingerprint density at radius 2 is 2.12 bits per heavy atom. The maximum absolute atomic E-state index is 14.8. The van der Waals surface area contributed by atoms with Crippen molar-refractivity contribution in [2.75, 3.05) is 0 Å². The van der Waals surface area contributed by atoms with Crippen molar-refractivity contribution >= 4 is 28.7 Å². The predicted octanol–water partition coefficient (Wildman–Crippen LogP) is 5.05. The van der Waals surface area contributed by atoms with E-state index in [0.29, 0.717) is 46.8 Å². The molecule has 3 N–H and O–H groups in total. The number of aryl methyl sites for hydroxylation is 1. The topological polar surface area (TPSA) is 143 Å². The second-order valence-corrected chi connectivity index (χ2v) is 11.9. The van der Waals surface area contributed by atoms with Crippen molar-refractivity contribution in [3.63, 3.8) is 0 Å². The first-order chi connectivity index (χ1) is 20.2. The molecule has 0 saturated heterocycles. The van der Waals surface area contributed by atoms with Gasteiger partial charge in [-0.15, -0.1) is 16.5 Å². The first kappa shape index (κ1) is 27.9. The van der Waals surface area contributed by atoms with Crippen molar-refractivity contribution in [3.05, 3.63) is 99.6 Å². The van der Waals surface area contributed by atoms with Crippen LogP contribution in [0.4, 0.5) is 4.39 Å². The van der Waals surface area contributed by atoms with Gasteiger partial charge in [-0.05, 0) is 67.9 Å². The summed E-state index contributed by atoms with van der Waals surface area (Å²) in [6, 6.07) is 12.1. The third kappa shape index (κ3) is 6.00. The number of halogens is 1. The highest BCUT2D eigenvalue weighted by Crippen LogP contribution is 2.38. The Balaban J connectivity index is 1.48. The zero-order chi connectivity index (χ0) is 29.4. The van der Waals surface area contributed by atoms with E-state index in [1.54, 1.807) is 23.9 Å². The molecule has 0 amide bonds. The van der Waals surface area contributed by atoms with Crippen LogP contribution >= 0.6 is 11.3 Å². The number of rotatable bonds is 8. The van der Waals surface area contributed by atoms with E-state index in [2.05, 4.69) is 21.8 Å². The number of hydrogen-bond acceptors (Lipinski definition) is 8. The molecule has 1 aliphatic rings. The van der Waals surface area contributed by atoms with E-state index in [0.717, 1.165) is 35.2 Å². The third-order valence-corrected chi connectivity index (χ3v) is 8.41. The van der Waals surface area contributed by atoms with Crippen LogP contribution in [0.15, 0.2) is 63.4 Å². The zero-order valence-corrected chi connectivity index (χ0v) is 24.0. The largest absolute Gasteiger partial charge is 0.593 e. The lowest BCUT2D eigenvalue weighted by molar-refractivity contribution is 0.0691. The lowest BCUT2D eigenvalue weighted by atomic mass is 9.96. The summed E-state index contributed by atoms with van der Waals surface area (Å²) in [6.07, 6.45) is 4.80. The molecule has 42 heavy (non-hydrogen) atoms. The molecule has 1 atom stereocenters. The van der Waals surface area contributed by atoms with Crippen molar-refractivity contribution < 1.29 is 23.3 Å². The number of carbonyl (C=O) groups is 1. The van der Waals surface area contributed by atoms with E-state index in [-0.39, 0.29) is 10.6 Å². The molecule has 0 bridgehead atoms. The molecule has 0 aliphatic heterocycles. The van der Waals surface area contributed by atoms with E-state index in [1.807, 2.05) is 24.3 Å². The van der Waals surface area contributed by atoms with Gasteiger partial charge in [-0.2, -0.15) is 5.10 Å². The van der Waals surface area contributed by atoms with Gasteiger partial charge in [0, 0.05) is 28.5 Å². The highest BCUT2D eigenvalue weighted by molar-refractivity contribution is 7.89. The van der Waals surface area contributed by atoms with E-state index < -0.39 is 23.1 Å². The van der Waals surface area contributed by atoms with Crippen LogP contribution in [-0.4, -0.2) is 35.4 Å². The van der Waals surface area contributed by atoms with Crippen molar-refractivity contribution in [2.45, 2.75) is 37.5 Å². The number of nitrogens with two attached hydrogens (primary N) is 1. The molecule has 0 radical (unpaired) electrons. The monoisotopic (exact) mass is 601 g/mol. The molecular formula is C30H24FN5O4S2. The van der Waals surface area contributed by atoms with Crippen LogP contribution in [0.3, 0.4) is 0 Å². The number of thiazole rings is 1. The van der Waals surface area contributed by atoms with Gasteiger partial charge in [0.1, 0.15) is 5.76 Å². The fourth-order valence-corrected chi connectivity index (χ4v) is 5.86. The van der Waals surface area contributed by atoms with Gasteiger partial charge in [-0.25, -0.2) is 23.8 Å². The van der Waals surface area contributed by atoms with E-state index >= 15 is 0 Å². The normalized spacial score (nSPS) is 13.5. The van der Waals surface area contributed by atoms with Gasteiger partial charge in [0.25, 0.3) is 5.89 Å². The fraction of sp³-hybridized carbons (Fsp3) is 0.200. The van der Waals surface area contributed by atoms with Crippen LogP contribution in [0, 0.1) is 30.5 Å². The number of benzene rings is 2. The Labute approximate surface area is 247 Å². The number of carboxylic acids is 1. The number of carboxylic acid groups (broad SMARTS) is 1. The molecule has 212 valence electrons. The quantitative estimate of drug-likeness (QED) is 0.186. The van der Waals surface area contributed by atoms with Gasteiger partial charge in [0.05, 0.1) is 28.9 Å². The molecular weight excluding hydrogens is 577 g/mol. The first-order valence-corrected chi connectivity index (χ1v) is 15.1. The summed E-state index contributed by atoms with van der Waals surface area (Å²) in [7, 11) is 0. The lowest BCUT2D eigenvalue weighted by Gasteiger charge is -2.10. The van der Waals surface area contributed by atoms with Gasteiger partial charge < -0.3 is 14.1 Å². The number of nitrogens with zero attached hydrogens (tertiary/aromatic N) is 4. The summed E-state index contributed by atoms with van der Waals surface area (Å²) in [5.74, 6) is 5.70. The van der Waals surface area contributed by atoms with Crippen LogP contribution < -0.4 is 5.14 Å². The molecule has 12 heteroatoms. The van der Waals surface area contributed by atoms with Gasteiger partial charge in [-0.3, -0.25) is 0 Å². The SMILES string of the molecule is Cc1cnc(C#Cc2cccc(-c3nn(-c4nc(C(=O)O)cs4)c(CC4CC4)c3Cc3ccc([S+](N)[O-])c(F)c3)c2)o1. The fourth-order valence-electron chi connectivity index (χ4n) is 4.63. The first-order valence-electron chi connectivity index (χ1n) is 13.0. The molecule has 1 aliphatic carbocycles.